The van der Waals surface area contributed by atoms with Crippen LogP contribution in [0.1, 0.15) is 64.4 Å². The molecule has 1 amide bonds. The number of unbranched alkanes of at least 4 members (excludes halogenated alkanes) is 3. The first-order valence-corrected chi connectivity index (χ1v) is 11.9. The predicted octanol–water partition coefficient (Wildman–Crippen LogP) is 5.58. The minimum atomic E-state index is -0.231. The number of hydrogen-bond acceptors (Lipinski definition) is 6. The van der Waals surface area contributed by atoms with Crippen molar-refractivity contribution in [1.29, 1.82) is 0 Å². The van der Waals surface area contributed by atoms with Crippen LogP contribution >= 0.6 is 24.0 Å². The molecule has 5 nitrogen and oxygen atoms in total. The molecule has 0 bridgehead atoms. The fourth-order valence-electron chi connectivity index (χ4n) is 2.89. The van der Waals surface area contributed by atoms with Crippen molar-refractivity contribution in [3.63, 3.8) is 0 Å². The Hall–Kier alpha value is -1.86. The highest BCUT2D eigenvalue weighted by Gasteiger charge is 2.31. The van der Waals surface area contributed by atoms with E-state index in [2.05, 4.69) is 6.92 Å². The normalized spacial score (nSPS) is 15.1. The molecule has 1 saturated heterocycles. The minimum Gasteiger partial charge on any atom is -0.494 e. The maximum Gasteiger partial charge on any atom is 0.305 e. The van der Waals surface area contributed by atoms with Crippen LogP contribution in [-0.4, -0.2) is 40.9 Å². The number of thioether (sulfide) groups is 1. The summed E-state index contributed by atoms with van der Waals surface area (Å²) in [4.78, 5) is 26.4. The fourth-order valence-corrected chi connectivity index (χ4v) is 4.20. The van der Waals surface area contributed by atoms with Gasteiger partial charge in [0, 0.05) is 13.0 Å². The Kier molecular flexibility index (Phi) is 10.9. The van der Waals surface area contributed by atoms with Crippen LogP contribution < -0.4 is 4.74 Å². The Morgan fingerprint density at radius 3 is 2.53 bits per heavy atom. The highest BCUT2D eigenvalue weighted by atomic mass is 32.2. The zero-order valence-electron chi connectivity index (χ0n) is 17.9. The summed E-state index contributed by atoms with van der Waals surface area (Å²) in [6.07, 6.45) is 8.18. The number of hydrogen-bond donors (Lipinski definition) is 0. The molecule has 0 unspecified atom stereocenters. The molecular weight excluding hydrogens is 418 g/mol. The summed E-state index contributed by atoms with van der Waals surface area (Å²) in [5, 5.41) is 0. The van der Waals surface area contributed by atoms with E-state index in [9.17, 15) is 9.59 Å². The highest BCUT2D eigenvalue weighted by Crippen LogP contribution is 2.33. The smallest absolute Gasteiger partial charge is 0.305 e. The van der Waals surface area contributed by atoms with Crippen LogP contribution in [0.5, 0.6) is 5.75 Å². The Labute approximate surface area is 189 Å². The summed E-state index contributed by atoms with van der Waals surface area (Å²) in [5.74, 6) is 0.500. The molecular formula is C23H31NO4S2. The van der Waals surface area contributed by atoms with Crippen LogP contribution in [0.15, 0.2) is 29.2 Å². The Balaban J connectivity index is 1.83. The topological polar surface area (TPSA) is 55.8 Å². The number of ether oxygens (including phenoxy) is 2. The Morgan fingerprint density at radius 1 is 1.07 bits per heavy atom. The van der Waals surface area contributed by atoms with E-state index in [0.717, 1.165) is 30.8 Å². The molecule has 164 valence electrons. The van der Waals surface area contributed by atoms with Crippen molar-refractivity contribution in [1.82, 2.24) is 4.90 Å². The third-order valence-electron chi connectivity index (χ3n) is 4.55. The lowest BCUT2D eigenvalue weighted by atomic mass is 10.2. The van der Waals surface area contributed by atoms with Crippen molar-refractivity contribution in [3.8, 4) is 5.75 Å². The van der Waals surface area contributed by atoms with Crippen molar-refractivity contribution in [2.24, 2.45) is 0 Å². The second-order valence-electron chi connectivity index (χ2n) is 7.14. The number of nitrogens with zero attached hydrogens (tertiary/aromatic N) is 1. The Morgan fingerprint density at radius 2 is 1.83 bits per heavy atom. The molecule has 1 fully saturated rings. The van der Waals surface area contributed by atoms with Gasteiger partial charge in [0.1, 0.15) is 10.1 Å². The van der Waals surface area contributed by atoms with Gasteiger partial charge in [0.05, 0.1) is 18.1 Å². The third kappa shape index (κ3) is 8.11. The van der Waals surface area contributed by atoms with Gasteiger partial charge in [-0.3, -0.25) is 14.5 Å². The van der Waals surface area contributed by atoms with Crippen molar-refractivity contribution in [2.45, 2.75) is 58.8 Å². The van der Waals surface area contributed by atoms with Gasteiger partial charge < -0.3 is 9.47 Å². The van der Waals surface area contributed by atoms with E-state index < -0.39 is 0 Å². The van der Waals surface area contributed by atoms with E-state index in [1.54, 1.807) is 4.90 Å². The average molecular weight is 450 g/mol. The quantitative estimate of drug-likeness (QED) is 0.170. The number of esters is 1. The predicted molar refractivity (Wildman–Crippen MR) is 126 cm³/mol. The first-order valence-electron chi connectivity index (χ1n) is 10.7. The van der Waals surface area contributed by atoms with E-state index in [1.165, 1.54) is 31.0 Å². The van der Waals surface area contributed by atoms with Gasteiger partial charge in [-0.1, -0.05) is 69.2 Å². The van der Waals surface area contributed by atoms with E-state index in [4.69, 9.17) is 21.7 Å². The SMILES string of the molecule is CCCCCCOc1ccc(/C=C2\SC(=S)N(CCCC(=O)OCCC)C2=O)cc1. The number of rotatable bonds is 13. The van der Waals surface area contributed by atoms with Crippen LogP contribution in [0.2, 0.25) is 0 Å². The lowest BCUT2D eigenvalue weighted by molar-refractivity contribution is -0.144. The first-order chi connectivity index (χ1) is 14.5. The minimum absolute atomic E-state index is 0.108. The maximum atomic E-state index is 12.7. The van der Waals surface area contributed by atoms with Gasteiger partial charge in [-0.15, -0.1) is 0 Å². The van der Waals surface area contributed by atoms with Crippen molar-refractivity contribution < 1.29 is 19.1 Å². The lowest BCUT2D eigenvalue weighted by Gasteiger charge is -2.13. The summed E-state index contributed by atoms with van der Waals surface area (Å²) >= 11 is 6.65. The molecule has 2 rings (SSSR count). The zero-order chi connectivity index (χ0) is 21.8. The molecule has 1 aliphatic rings. The molecule has 7 heteroatoms. The maximum absolute atomic E-state index is 12.7. The number of benzene rings is 1. The molecule has 0 radical (unpaired) electrons. The third-order valence-corrected chi connectivity index (χ3v) is 5.93. The van der Waals surface area contributed by atoms with Gasteiger partial charge in [0.2, 0.25) is 0 Å². The number of carbonyl (C=O) groups is 2. The van der Waals surface area contributed by atoms with Gasteiger partial charge in [-0.25, -0.2) is 0 Å². The molecule has 0 spiro atoms. The summed E-state index contributed by atoms with van der Waals surface area (Å²) in [6, 6.07) is 7.73. The molecule has 0 saturated carbocycles. The van der Waals surface area contributed by atoms with Crippen molar-refractivity contribution >= 4 is 46.3 Å². The molecule has 1 aromatic carbocycles. The van der Waals surface area contributed by atoms with Gasteiger partial charge >= 0.3 is 5.97 Å². The number of thiocarbonyl (C=S) groups is 1. The van der Waals surface area contributed by atoms with E-state index >= 15 is 0 Å². The van der Waals surface area contributed by atoms with Crippen LogP contribution in [0.4, 0.5) is 0 Å². The number of amides is 1. The lowest BCUT2D eigenvalue weighted by Crippen LogP contribution is -2.29. The zero-order valence-corrected chi connectivity index (χ0v) is 19.5. The van der Waals surface area contributed by atoms with E-state index in [-0.39, 0.29) is 18.3 Å². The summed E-state index contributed by atoms with van der Waals surface area (Å²) in [5.41, 5.74) is 0.928. The molecule has 1 aromatic rings. The molecule has 1 heterocycles. The van der Waals surface area contributed by atoms with E-state index in [0.29, 0.717) is 28.8 Å². The Bertz CT molecular complexity index is 746. The monoisotopic (exact) mass is 449 g/mol. The first kappa shape index (κ1) is 24.4. The summed E-state index contributed by atoms with van der Waals surface area (Å²) < 4.78 is 11.3. The molecule has 0 aromatic heterocycles. The second kappa shape index (κ2) is 13.4. The molecule has 30 heavy (non-hydrogen) atoms. The van der Waals surface area contributed by atoms with Gasteiger partial charge in [-0.2, -0.15) is 0 Å². The van der Waals surface area contributed by atoms with Crippen molar-refractivity contribution in [2.75, 3.05) is 19.8 Å². The average Bonchev–Trinajstić information content (AvgIpc) is 3.00. The van der Waals surface area contributed by atoms with Crippen LogP contribution in [0.25, 0.3) is 6.08 Å². The van der Waals surface area contributed by atoms with Gasteiger partial charge in [0.15, 0.2) is 0 Å². The molecule has 1 aliphatic heterocycles. The largest absolute Gasteiger partial charge is 0.494 e. The van der Waals surface area contributed by atoms with E-state index in [1.807, 2.05) is 37.3 Å². The van der Waals surface area contributed by atoms with Crippen LogP contribution in [0, 0.1) is 0 Å². The molecule has 0 N–H and O–H groups in total. The van der Waals surface area contributed by atoms with Gasteiger partial charge in [-0.05, 0) is 43.0 Å². The van der Waals surface area contributed by atoms with Gasteiger partial charge in [0.25, 0.3) is 5.91 Å². The number of carbonyl (C=O) groups excluding carboxylic acids is 2. The standard InChI is InChI=1S/C23H31NO4S2/c1-3-5-6-7-16-27-19-12-10-18(11-13-19)17-20-22(26)24(23(29)30-20)14-8-9-21(25)28-15-4-2/h10-13,17H,3-9,14-16H2,1-2H3/b20-17-. The summed E-state index contributed by atoms with van der Waals surface area (Å²) in [7, 11) is 0. The molecule has 0 aliphatic carbocycles. The highest BCUT2D eigenvalue weighted by molar-refractivity contribution is 8.26. The van der Waals surface area contributed by atoms with Crippen LogP contribution in [-0.2, 0) is 14.3 Å². The fraction of sp³-hybridized carbons (Fsp3) is 0.522. The van der Waals surface area contributed by atoms with Crippen LogP contribution in [0.3, 0.4) is 0 Å². The summed E-state index contributed by atoms with van der Waals surface area (Å²) in [6.45, 7) is 5.73. The van der Waals surface area contributed by atoms with Crippen molar-refractivity contribution in [3.05, 3.63) is 34.7 Å². The second-order valence-corrected chi connectivity index (χ2v) is 8.81. The molecule has 0 atom stereocenters.